The van der Waals surface area contributed by atoms with Crippen LogP contribution in [0.1, 0.15) is 69.1 Å². The van der Waals surface area contributed by atoms with Gasteiger partial charge in [-0.3, -0.25) is 14.5 Å². The van der Waals surface area contributed by atoms with Crippen molar-refractivity contribution in [2.75, 3.05) is 31.7 Å². The lowest BCUT2D eigenvalue weighted by molar-refractivity contribution is -0.253. The lowest BCUT2D eigenvalue weighted by atomic mass is 9.99. The van der Waals surface area contributed by atoms with E-state index in [0.29, 0.717) is 35.9 Å². The monoisotopic (exact) mass is 542 g/mol. The first-order chi connectivity index (χ1) is 19.6. The number of nitrogens with zero attached hydrogens (tertiary/aromatic N) is 2. The zero-order chi connectivity index (χ0) is 27.6. The molecule has 3 heterocycles. The first kappa shape index (κ1) is 26.8. The highest BCUT2D eigenvalue weighted by atomic mass is 16.7. The maximum Gasteiger partial charge on any atom is 0.266 e. The van der Waals surface area contributed by atoms with Crippen LogP contribution < -0.4 is 4.90 Å². The molecule has 2 fully saturated rings. The van der Waals surface area contributed by atoms with Crippen molar-refractivity contribution < 1.29 is 28.9 Å². The van der Waals surface area contributed by atoms with E-state index < -0.39 is 6.29 Å². The fourth-order valence-corrected chi connectivity index (χ4v) is 6.02. The number of benzene rings is 3. The Morgan fingerprint density at radius 3 is 2.23 bits per heavy atom. The highest BCUT2D eigenvalue weighted by molar-refractivity contribution is 6.34. The van der Waals surface area contributed by atoms with Crippen molar-refractivity contribution >= 4 is 17.5 Å². The lowest BCUT2D eigenvalue weighted by Crippen LogP contribution is -2.42. The van der Waals surface area contributed by atoms with Crippen molar-refractivity contribution in [1.82, 2.24) is 4.90 Å². The molecule has 0 aliphatic carbocycles. The molecule has 0 saturated carbocycles. The van der Waals surface area contributed by atoms with Crippen LogP contribution in [0.4, 0.5) is 5.69 Å². The van der Waals surface area contributed by atoms with Gasteiger partial charge >= 0.3 is 0 Å². The Hall–Kier alpha value is -3.40. The Labute approximate surface area is 234 Å². The number of aliphatic hydroxyl groups excluding tert-OH is 1. The topological polar surface area (TPSA) is 88.5 Å². The van der Waals surface area contributed by atoms with Gasteiger partial charge in [-0.05, 0) is 54.8 Å². The lowest BCUT2D eigenvalue weighted by Gasteiger charge is -2.38. The Morgan fingerprint density at radius 1 is 0.900 bits per heavy atom. The van der Waals surface area contributed by atoms with Crippen LogP contribution in [0.5, 0.6) is 0 Å². The van der Waals surface area contributed by atoms with E-state index in [4.69, 9.17) is 14.2 Å². The van der Waals surface area contributed by atoms with Crippen LogP contribution in [-0.4, -0.2) is 60.8 Å². The van der Waals surface area contributed by atoms with E-state index in [-0.39, 0.29) is 30.6 Å². The molecule has 3 aromatic rings. The average molecular weight is 543 g/mol. The van der Waals surface area contributed by atoms with Crippen LogP contribution in [0.2, 0.25) is 0 Å². The fourth-order valence-electron chi connectivity index (χ4n) is 6.02. The van der Waals surface area contributed by atoms with Gasteiger partial charge in [0, 0.05) is 31.7 Å². The summed E-state index contributed by atoms with van der Waals surface area (Å²) in [4.78, 5) is 29.6. The number of hydrogen-bond acceptors (Lipinski definition) is 7. The van der Waals surface area contributed by atoms with E-state index in [9.17, 15) is 14.7 Å². The minimum Gasteiger partial charge on any atom is -0.392 e. The molecule has 40 heavy (non-hydrogen) atoms. The molecular formula is C32H34N2O6. The highest BCUT2D eigenvalue weighted by Crippen LogP contribution is 2.39. The van der Waals surface area contributed by atoms with Crippen LogP contribution >= 0.6 is 0 Å². The largest absolute Gasteiger partial charge is 0.392 e. The number of carbonyl (C=O) groups excluding carboxylic acids is 2. The molecule has 0 aromatic heterocycles. The Morgan fingerprint density at radius 2 is 1.57 bits per heavy atom. The van der Waals surface area contributed by atoms with Gasteiger partial charge in [-0.15, -0.1) is 0 Å². The quantitative estimate of drug-likeness (QED) is 0.415. The first-order valence-corrected chi connectivity index (χ1v) is 13.9. The van der Waals surface area contributed by atoms with Gasteiger partial charge in [0.15, 0.2) is 6.29 Å². The zero-order valence-corrected chi connectivity index (χ0v) is 22.6. The predicted octanol–water partition coefficient (Wildman–Crippen LogP) is 4.64. The maximum absolute atomic E-state index is 12.9. The van der Waals surface area contributed by atoms with Gasteiger partial charge in [-0.25, -0.2) is 4.90 Å². The number of aliphatic hydroxyl groups is 1. The molecule has 0 spiro atoms. The van der Waals surface area contributed by atoms with Crippen molar-refractivity contribution in [3.8, 4) is 0 Å². The third-order valence-corrected chi connectivity index (χ3v) is 8.13. The second kappa shape index (κ2) is 11.6. The smallest absolute Gasteiger partial charge is 0.266 e. The van der Waals surface area contributed by atoms with Crippen molar-refractivity contribution in [2.45, 2.75) is 50.4 Å². The number of hydrogen-bond donors (Lipinski definition) is 1. The summed E-state index contributed by atoms with van der Waals surface area (Å²) in [6.45, 7) is 2.50. The normalized spacial score (nSPS) is 25.0. The molecule has 1 N–H and O–H groups in total. The summed E-state index contributed by atoms with van der Waals surface area (Å²) in [5.41, 5.74) is 4.05. The van der Waals surface area contributed by atoms with Gasteiger partial charge in [0.05, 0.1) is 42.2 Å². The molecule has 0 unspecified atom stereocenters. The van der Waals surface area contributed by atoms with Crippen LogP contribution in [-0.2, 0) is 20.8 Å². The second-order valence-electron chi connectivity index (χ2n) is 10.7. The molecule has 4 atom stereocenters. The summed E-state index contributed by atoms with van der Waals surface area (Å²) in [6.07, 6.45) is 2.11. The minimum absolute atomic E-state index is 0.00450. The highest BCUT2D eigenvalue weighted by Gasteiger charge is 2.38. The van der Waals surface area contributed by atoms with Crippen LogP contribution in [0.3, 0.4) is 0 Å². The summed E-state index contributed by atoms with van der Waals surface area (Å²) in [5.74, 6) is -0.637. The van der Waals surface area contributed by atoms with E-state index in [0.717, 1.165) is 42.6 Å². The van der Waals surface area contributed by atoms with Gasteiger partial charge in [0.2, 0.25) is 0 Å². The molecule has 0 radical (unpaired) electrons. The molecule has 6 rings (SSSR count). The van der Waals surface area contributed by atoms with Crippen molar-refractivity contribution in [2.24, 2.45) is 0 Å². The van der Waals surface area contributed by atoms with E-state index >= 15 is 0 Å². The number of imide groups is 1. The minimum atomic E-state index is -0.610. The average Bonchev–Trinajstić information content (AvgIpc) is 3.54. The number of fused-ring (bicyclic) bond motifs is 1. The third kappa shape index (κ3) is 5.21. The Bertz CT molecular complexity index is 1320. The molecule has 3 aliphatic rings. The Balaban J connectivity index is 1.23. The van der Waals surface area contributed by atoms with E-state index in [2.05, 4.69) is 4.90 Å². The summed E-state index contributed by atoms with van der Waals surface area (Å²) < 4.78 is 18.5. The van der Waals surface area contributed by atoms with E-state index in [1.54, 1.807) is 43.5 Å². The zero-order valence-electron chi connectivity index (χ0n) is 22.6. The number of ether oxygens (including phenoxy) is 3. The van der Waals surface area contributed by atoms with Gasteiger partial charge in [-0.2, -0.15) is 0 Å². The Kier molecular flexibility index (Phi) is 7.78. The number of amides is 2. The fraction of sp³-hybridized carbons (Fsp3) is 0.375. The molecule has 208 valence electrons. The molecule has 2 amide bonds. The maximum atomic E-state index is 12.9. The molecule has 3 aliphatic heterocycles. The van der Waals surface area contributed by atoms with Crippen molar-refractivity contribution in [3.63, 3.8) is 0 Å². The molecular weight excluding hydrogens is 508 g/mol. The molecule has 3 aromatic carbocycles. The summed E-state index contributed by atoms with van der Waals surface area (Å²) in [6, 6.07) is 22.4. The molecule has 2 saturated heterocycles. The van der Waals surface area contributed by atoms with E-state index in [1.807, 2.05) is 36.4 Å². The SMILES string of the molecule is COC[C@@H]1CCCN1C[C@H]1C[C@@H](c2ccc(CO)cc2)O[C@@H](c2ccc(N3C(=O)c4ccccc4C3=O)cc2)O1. The molecule has 8 nitrogen and oxygen atoms in total. The van der Waals surface area contributed by atoms with Gasteiger partial charge in [0.1, 0.15) is 0 Å². The van der Waals surface area contributed by atoms with Crippen LogP contribution in [0, 0.1) is 0 Å². The molecule has 8 heteroatoms. The number of carbonyl (C=O) groups is 2. The van der Waals surface area contributed by atoms with E-state index in [1.165, 1.54) is 4.90 Å². The van der Waals surface area contributed by atoms with Gasteiger partial charge in [0.25, 0.3) is 11.8 Å². The second-order valence-corrected chi connectivity index (χ2v) is 10.7. The van der Waals surface area contributed by atoms with Gasteiger partial charge in [-0.1, -0.05) is 48.5 Å². The summed E-state index contributed by atoms with van der Waals surface area (Å²) in [5, 5.41) is 9.47. The summed E-state index contributed by atoms with van der Waals surface area (Å²) in [7, 11) is 1.75. The number of rotatable bonds is 8. The van der Waals surface area contributed by atoms with Crippen LogP contribution in [0.25, 0.3) is 0 Å². The van der Waals surface area contributed by atoms with Crippen LogP contribution in [0.15, 0.2) is 72.8 Å². The number of methoxy groups -OCH3 is 1. The summed E-state index contributed by atoms with van der Waals surface area (Å²) >= 11 is 0. The van der Waals surface area contributed by atoms with Crippen molar-refractivity contribution in [1.29, 1.82) is 0 Å². The van der Waals surface area contributed by atoms with Gasteiger partial charge < -0.3 is 19.3 Å². The number of anilines is 1. The molecule has 0 bridgehead atoms. The van der Waals surface area contributed by atoms with Crippen molar-refractivity contribution in [3.05, 3.63) is 101 Å². The number of likely N-dealkylation sites (tertiary alicyclic amines) is 1. The first-order valence-electron chi connectivity index (χ1n) is 13.9. The third-order valence-electron chi connectivity index (χ3n) is 8.13. The standard InChI is InChI=1S/C32H34N2O6/c1-38-20-25-5-4-16-33(25)18-26-17-29(22-10-8-21(19-35)9-11-22)40-32(39-26)23-12-14-24(15-13-23)34-30(36)27-6-2-3-7-28(27)31(34)37/h2-3,6-15,25-26,29,32,35H,4-5,16-20H2,1H3/t25-,26+,29-,32-/m0/s1. The predicted molar refractivity (Wildman–Crippen MR) is 149 cm³/mol.